The molecule has 0 aromatic rings. The van der Waals surface area contributed by atoms with Gasteiger partial charge >= 0.3 is 5.97 Å². The number of aliphatic hydroxyl groups excluding tert-OH is 6. The van der Waals surface area contributed by atoms with Crippen LogP contribution < -0.4 is 10.6 Å². The van der Waals surface area contributed by atoms with Crippen molar-refractivity contribution < 1.29 is 64.3 Å². The van der Waals surface area contributed by atoms with Crippen LogP contribution in [0.4, 0.5) is 0 Å². The lowest BCUT2D eigenvalue weighted by Crippen LogP contribution is -2.67. The number of amides is 2. The summed E-state index contributed by atoms with van der Waals surface area (Å²) in [6.07, 6.45) is -13.0. The number of aliphatic carboxylic acids is 1. The third kappa shape index (κ3) is 6.83. The summed E-state index contributed by atoms with van der Waals surface area (Å²) in [6.45, 7) is 1.41. The van der Waals surface area contributed by atoms with Crippen molar-refractivity contribution in [3.05, 3.63) is 0 Å². The Hall–Kier alpha value is -1.60. The number of hydrogen-bond acceptors (Lipinski definition) is 13. The fourth-order valence-corrected chi connectivity index (χ4v) is 5.45. The summed E-state index contributed by atoms with van der Waals surface area (Å²) in [5, 5.41) is 76.1. The second-order valence-electron chi connectivity index (χ2n) is 8.68. The summed E-state index contributed by atoms with van der Waals surface area (Å²) in [7, 11) is 1.24. The van der Waals surface area contributed by atoms with Gasteiger partial charge in [0.15, 0.2) is 6.29 Å². The first-order chi connectivity index (χ1) is 16.8. The van der Waals surface area contributed by atoms with E-state index in [0.29, 0.717) is 11.8 Å². The Morgan fingerprint density at radius 1 is 1.08 bits per heavy atom. The van der Waals surface area contributed by atoms with Crippen molar-refractivity contribution in [1.82, 2.24) is 10.6 Å². The van der Waals surface area contributed by atoms with Crippen LogP contribution in [0.2, 0.25) is 0 Å². The first-order valence-corrected chi connectivity index (χ1v) is 12.0. The molecule has 9 unspecified atom stereocenters. The van der Waals surface area contributed by atoms with Crippen LogP contribution in [0.25, 0.3) is 0 Å². The number of carbonyl (C=O) groups is 3. The number of rotatable bonds is 10. The van der Waals surface area contributed by atoms with Crippen molar-refractivity contribution in [2.75, 3.05) is 19.5 Å². The number of carboxylic acid groups (broad SMARTS) is 1. The van der Waals surface area contributed by atoms with E-state index in [1.165, 1.54) is 14.0 Å². The van der Waals surface area contributed by atoms with Gasteiger partial charge in [-0.15, -0.1) is 11.8 Å². The highest BCUT2D eigenvalue weighted by Crippen LogP contribution is 2.41. The molecule has 208 valence electrons. The summed E-state index contributed by atoms with van der Waals surface area (Å²) in [5.41, 5.74) is 0. The standard InChI is InChI=1S/C20H34N2O13S/c1-7(24)21-12-9(26)4-20(19(31)32,35-17(12)14(28)10(27)5-23)36-6-11-15(29)16(30)13(22-8(2)25)18(33-3)34-11/h9-18,23,26-30H,4-6H2,1-3H3,(H,21,24)(H,22,25)(H,31,32)/t9?,10-,11?,12?,13?,14-,15?,16?,17?,18?,20?/m1/s1. The van der Waals surface area contributed by atoms with Crippen molar-refractivity contribution >= 4 is 29.5 Å². The van der Waals surface area contributed by atoms with E-state index in [0.717, 1.165) is 6.92 Å². The maximum atomic E-state index is 12.3. The Bertz CT molecular complexity index is 789. The van der Waals surface area contributed by atoms with E-state index in [4.69, 9.17) is 14.2 Å². The maximum Gasteiger partial charge on any atom is 0.346 e. The normalized spacial score (nSPS) is 38.6. The molecule has 0 spiro atoms. The van der Waals surface area contributed by atoms with Gasteiger partial charge in [-0.25, -0.2) is 4.79 Å². The molecular weight excluding hydrogens is 508 g/mol. The Balaban J connectivity index is 2.28. The Morgan fingerprint density at radius 2 is 1.67 bits per heavy atom. The molecule has 11 atom stereocenters. The van der Waals surface area contributed by atoms with Gasteiger partial charge in [0.25, 0.3) is 0 Å². The van der Waals surface area contributed by atoms with Crippen LogP contribution in [0.1, 0.15) is 20.3 Å². The number of nitrogens with one attached hydrogen (secondary N) is 2. The van der Waals surface area contributed by atoms with Crippen LogP contribution in [-0.4, -0.2) is 139 Å². The van der Waals surface area contributed by atoms with Gasteiger partial charge in [-0.1, -0.05) is 0 Å². The Morgan fingerprint density at radius 3 is 2.17 bits per heavy atom. The number of hydrogen-bond donors (Lipinski definition) is 9. The second-order valence-corrected chi connectivity index (χ2v) is 9.96. The number of thioether (sulfide) groups is 1. The molecule has 2 saturated heterocycles. The number of carbonyl (C=O) groups excluding carboxylic acids is 2. The molecule has 0 radical (unpaired) electrons. The smallest absolute Gasteiger partial charge is 0.346 e. The molecule has 0 aromatic heterocycles. The summed E-state index contributed by atoms with van der Waals surface area (Å²) >= 11 is 0.569. The van der Waals surface area contributed by atoms with Gasteiger partial charge in [0.1, 0.15) is 36.6 Å². The van der Waals surface area contributed by atoms with Crippen LogP contribution in [0.15, 0.2) is 0 Å². The molecule has 0 aromatic carbocycles. The predicted octanol–water partition coefficient (Wildman–Crippen LogP) is -4.53. The number of ether oxygens (including phenoxy) is 3. The zero-order valence-electron chi connectivity index (χ0n) is 19.9. The highest BCUT2D eigenvalue weighted by Gasteiger charge is 2.56. The van der Waals surface area contributed by atoms with E-state index in [1.807, 2.05) is 0 Å². The fraction of sp³-hybridized carbons (Fsp3) is 0.850. The average molecular weight is 543 g/mol. The molecule has 16 heteroatoms. The van der Waals surface area contributed by atoms with E-state index in [9.17, 15) is 50.1 Å². The van der Waals surface area contributed by atoms with Crippen molar-refractivity contribution in [3.63, 3.8) is 0 Å². The molecule has 2 heterocycles. The van der Waals surface area contributed by atoms with Crippen LogP contribution in [0.5, 0.6) is 0 Å². The van der Waals surface area contributed by atoms with Crippen molar-refractivity contribution in [3.8, 4) is 0 Å². The third-order valence-electron chi connectivity index (χ3n) is 5.97. The van der Waals surface area contributed by atoms with Crippen LogP contribution in [-0.2, 0) is 28.6 Å². The van der Waals surface area contributed by atoms with Gasteiger partial charge in [-0.05, 0) is 0 Å². The number of carboxylic acids is 1. The molecule has 36 heavy (non-hydrogen) atoms. The van der Waals surface area contributed by atoms with Crippen molar-refractivity contribution in [2.45, 2.75) is 86.3 Å². The highest BCUT2D eigenvalue weighted by molar-refractivity contribution is 8.01. The van der Waals surface area contributed by atoms with Crippen molar-refractivity contribution in [1.29, 1.82) is 0 Å². The van der Waals surface area contributed by atoms with Crippen LogP contribution in [0.3, 0.4) is 0 Å². The van der Waals surface area contributed by atoms with Gasteiger partial charge < -0.3 is 60.6 Å². The molecule has 0 bridgehead atoms. The van der Waals surface area contributed by atoms with E-state index in [-0.39, 0.29) is 5.75 Å². The van der Waals surface area contributed by atoms with Gasteiger partial charge in [-0.3, -0.25) is 9.59 Å². The minimum absolute atomic E-state index is 0.319. The minimum atomic E-state index is -2.25. The minimum Gasteiger partial charge on any atom is -0.478 e. The lowest BCUT2D eigenvalue weighted by Gasteiger charge is -2.47. The predicted molar refractivity (Wildman–Crippen MR) is 120 cm³/mol. The fourth-order valence-electron chi connectivity index (χ4n) is 4.15. The van der Waals surface area contributed by atoms with E-state index in [1.54, 1.807) is 0 Å². The van der Waals surface area contributed by atoms with Gasteiger partial charge in [0, 0.05) is 33.1 Å². The molecule has 2 aliphatic rings. The molecular formula is C20H34N2O13S. The second kappa shape index (κ2) is 12.8. The molecule has 15 nitrogen and oxygen atoms in total. The molecule has 2 aliphatic heterocycles. The van der Waals surface area contributed by atoms with Crippen LogP contribution in [0, 0.1) is 0 Å². The number of methoxy groups -OCH3 is 1. The Labute approximate surface area is 210 Å². The number of aliphatic hydroxyl groups is 6. The largest absolute Gasteiger partial charge is 0.478 e. The summed E-state index contributed by atoms with van der Waals surface area (Å²) in [4.78, 5) is 33.1. The van der Waals surface area contributed by atoms with Gasteiger partial charge in [-0.2, -0.15) is 0 Å². The monoisotopic (exact) mass is 542 g/mol. The molecule has 0 saturated carbocycles. The average Bonchev–Trinajstić information content (AvgIpc) is 2.81. The molecule has 2 amide bonds. The maximum absolute atomic E-state index is 12.3. The Kier molecular flexibility index (Phi) is 10.9. The lowest BCUT2D eigenvalue weighted by atomic mass is 9.90. The van der Waals surface area contributed by atoms with Crippen LogP contribution >= 0.6 is 11.8 Å². The quantitative estimate of drug-likeness (QED) is 0.126. The van der Waals surface area contributed by atoms with Gasteiger partial charge in [0.05, 0.1) is 24.9 Å². The molecule has 9 N–H and O–H groups in total. The zero-order valence-corrected chi connectivity index (χ0v) is 20.7. The SMILES string of the molecule is COC1OC(CSC2(C(=O)O)CC(O)C(NC(C)=O)C([C@H](O)[C@H](O)CO)O2)C(O)C(O)C1NC(C)=O. The zero-order chi connectivity index (χ0) is 27.4. The first-order valence-electron chi connectivity index (χ1n) is 11.1. The van der Waals surface area contributed by atoms with E-state index in [2.05, 4.69) is 10.6 Å². The summed E-state index contributed by atoms with van der Waals surface area (Å²) < 4.78 is 16.4. The van der Waals surface area contributed by atoms with E-state index < -0.39 is 96.8 Å². The summed E-state index contributed by atoms with van der Waals surface area (Å²) in [5.74, 6) is -3.03. The van der Waals surface area contributed by atoms with Crippen molar-refractivity contribution in [2.24, 2.45) is 0 Å². The highest BCUT2D eigenvalue weighted by atomic mass is 32.2. The third-order valence-corrected chi connectivity index (χ3v) is 7.37. The van der Waals surface area contributed by atoms with Gasteiger partial charge in [0.2, 0.25) is 16.7 Å². The first kappa shape index (κ1) is 30.6. The molecule has 0 aliphatic carbocycles. The summed E-state index contributed by atoms with van der Waals surface area (Å²) in [6, 6.07) is -2.43. The molecule has 2 rings (SSSR count). The molecule has 2 fully saturated rings. The lowest BCUT2D eigenvalue weighted by molar-refractivity contribution is -0.251. The topological polar surface area (TPSA) is 245 Å². The van der Waals surface area contributed by atoms with E-state index >= 15 is 0 Å².